The SMILES string of the molecule is CC[C@H]1C(=O)NCCN1C(=O)NCCc1c(Cl)cccc1Cl. The molecule has 0 radical (unpaired) electrons. The topological polar surface area (TPSA) is 61.4 Å². The fourth-order valence-corrected chi connectivity index (χ4v) is 3.12. The second-order valence-electron chi connectivity index (χ2n) is 5.09. The highest BCUT2D eigenvalue weighted by Gasteiger charge is 2.31. The number of hydrogen-bond donors (Lipinski definition) is 2. The van der Waals surface area contributed by atoms with Gasteiger partial charge in [-0.1, -0.05) is 36.2 Å². The summed E-state index contributed by atoms with van der Waals surface area (Å²) in [4.78, 5) is 25.6. The highest BCUT2D eigenvalue weighted by Crippen LogP contribution is 2.24. The Bertz CT molecular complexity index is 545. The second kappa shape index (κ2) is 7.70. The van der Waals surface area contributed by atoms with Crippen LogP contribution in [0.1, 0.15) is 18.9 Å². The van der Waals surface area contributed by atoms with Crippen molar-refractivity contribution in [2.24, 2.45) is 0 Å². The largest absolute Gasteiger partial charge is 0.353 e. The van der Waals surface area contributed by atoms with Crippen molar-refractivity contribution >= 4 is 35.1 Å². The molecule has 0 aliphatic carbocycles. The lowest BCUT2D eigenvalue weighted by molar-refractivity contribution is -0.127. The summed E-state index contributed by atoms with van der Waals surface area (Å²) >= 11 is 12.2. The lowest BCUT2D eigenvalue weighted by Gasteiger charge is -2.34. The van der Waals surface area contributed by atoms with Crippen LogP contribution in [0.4, 0.5) is 4.79 Å². The van der Waals surface area contributed by atoms with Gasteiger partial charge in [-0.05, 0) is 30.5 Å². The Labute approximate surface area is 139 Å². The molecule has 0 aromatic heterocycles. The van der Waals surface area contributed by atoms with E-state index in [1.54, 1.807) is 23.1 Å². The van der Waals surface area contributed by atoms with Gasteiger partial charge in [-0.3, -0.25) is 4.79 Å². The van der Waals surface area contributed by atoms with E-state index in [1.807, 2.05) is 6.92 Å². The molecule has 2 rings (SSSR count). The molecule has 7 heteroatoms. The quantitative estimate of drug-likeness (QED) is 0.881. The summed E-state index contributed by atoms with van der Waals surface area (Å²) in [5, 5.41) is 6.78. The number of amides is 3. The molecule has 2 N–H and O–H groups in total. The summed E-state index contributed by atoms with van der Waals surface area (Å²) < 4.78 is 0. The Morgan fingerprint density at radius 1 is 1.41 bits per heavy atom. The first-order valence-electron chi connectivity index (χ1n) is 7.29. The van der Waals surface area contributed by atoms with Crippen molar-refractivity contribution < 1.29 is 9.59 Å². The van der Waals surface area contributed by atoms with E-state index < -0.39 is 6.04 Å². The lowest BCUT2D eigenvalue weighted by atomic mass is 10.1. The zero-order chi connectivity index (χ0) is 16.1. The number of urea groups is 1. The lowest BCUT2D eigenvalue weighted by Crippen LogP contribution is -2.59. The smallest absolute Gasteiger partial charge is 0.318 e. The maximum absolute atomic E-state index is 12.2. The third kappa shape index (κ3) is 3.84. The first kappa shape index (κ1) is 16.9. The highest BCUT2D eigenvalue weighted by atomic mass is 35.5. The van der Waals surface area contributed by atoms with E-state index in [9.17, 15) is 9.59 Å². The second-order valence-corrected chi connectivity index (χ2v) is 5.91. The Morgan fingerprint density at radius 2 is 2.09 bits per heavy atom. The molecule has 1 saturated heterocycles. The van der Waals surface area contributed by atoms with E-state index in [0.717, 1.165) is 5.56 Å². The van der Waals surface area contributed by atoms with Gasteiger partial charge < -0.3 is 15.5 Å². The van der Waals surface area contributed by atoms with E-state index in [1.165, 1.54) is 0 Å². The molecular formula is C15H19Cl2N3O2. The van der Waals surface area contributed by atoms with Gasteiger partial charge in [-0.25, -0.2) is 4.79 Å². The van der Waals surface area contributed by atoms with Crippen LogP contribution >= 0.6 is 23.2 Å². The zero-order valence-corrected chi connectivity index (χ0v) is 13.9. The van der Waals surface area contributed by atoms with Crippen LogP contribution in [-0.2, 0) is 11.2 Å². The number of benzene rings is 1. The van der Waals surface area contributed by atoms with Gasteiger partial charge in [0.1, 0.15) is 6.04 Å². The van der Waals surface area contributed by atoms with Crippen LogP contribution in [0.3, 0.4) is 0 Å². The van der Waals surface area contributed by atoms with Gasteiger partial charge in [0.25, 0.3) is 0 Å². The van der Waals surface area contributed by atoms with E-state index in [0.29, 0.717) is 42.5 Å². The van der Waals surface area contributed by atoms with Gasteiger partial charge in [0.05, 0.1) is 0 Å². The van der Waals surface area contributed by atoms with Crippen LogP contribution in [0.5, 0.6) is 0 Å². The maximum atomic E-state index is 12.2. The number of piperazine rings is 1. The van der Waals surface area contributed by atoms with E-state index in [2.05, 4.69) is 10.6 Å². The van der Waals surface area contributed by atoms with Crippen molar-refractivity contribution in [3.8, 4) is 0 Å². The fourth-order valence-electron chi connectivity index (χ4n) is 2.53. The molecule has 120 valence electrons. The maximum Gasteiger partial charge on any atom is 0.318 e. The molecule has 5 nitrogen and oxygen atoms in total. The molecule has 1 atom stereocenters. The Kier molecular flexibility index (Phi) is 5.91. The number of rotatable bonds is 4. The van der Waals surface area contributed by atoms with Crippen LogP contribution in [0.2, 0.25) is 10.0 Å². The molecule has 1 fully saturated rings. The fraction of sp³-hybridized carbons (Fsp3) is 0.467. The van der Waals surface area contributed by atoms with Gasteiger partial charge in [0, 0.05) is 29.7 Å². The first-order chi connectivity index (χ1) is 10.5. The highest BCUT2D eigenvalue weighted by molar-refractivity contribution is 6.35. The predicted molar refractivity (Wildman–Crippen MR) is 87.4 cm³/mol. The van der Waals surface area contributed by atoms with Crippen LogP contribution in [0.15, 0.2) is 18.2 Å². The van der Waals surface area contributed by atoms with Crippen molar-refractivity contribution in [2.75, 3.05) is 19.6 Å². The van der Waals surface area contributed by atoms with Gasteiger partial charge in [-0.2, -0.15) is 0 Å². The molecular weight excluding hydrogens is 325 g/mol. The molecule has 0 spiro atoms. The van der Waals surface area contributed by atoms with Crippen molar-refractivity contribution in [2.45, 2.75) is 25.8 Å². The summed E-state index contributed by atoms with van der Waals surface area (Å²) in [6, 6.07) is 4.69. The minimum Gasteiger partial charge on any atom is -0.353 e. The van der Waals surface area contributed by atoms with Crippen LogP contribution in [0, 0.1) is 0 Å². The van der Waals surface area contributed by atoms with Crippen LogP contribution < -0.4 is 10.6 Å². The molecule has 0 bridgehead atoms. The van der Waals surface area contributed by atoms with Crippen molar-refractivity contribution in [3.63, 3.8) is 0 Å². The number of carbonyl (C=O) groups is 2. The Hall–Kier alpha value is -1.46. The summed E-state index contributed by atoms with van der Waals surface area (Å²) in [7, 11) is 0. The molecule has 1 aromatic rings. The number of halogens is 2. The average Bonchev–Trinajstić information content (AvgIpc) is 2.49. The number of nitrogens with zero attached hydrogens (tertiary/aromatic N) is 1. The Balaban J connectivity index is 1.91. The van der Waals surface area contributed by atoms with Crippen molar-refractivity contribution in [3.05, 3.63) is 33.8 Å². The molecule has 22 heavy (non-hydrogen) atoms. The third-order valence-corrected chi connectivity index (χ3v) is 4.40. The number of nitrogens with one attached hydrogen (secondary N) is 2. The van der Waals surface area contributed by atoms with Gasteiger partial charge in [0.2, 0.25) is 5.91 Å². The standard InChI is InChI=1S/C15H19Cl2N3O2/c1-2-13-14(21)18-8-9-20(13)15(22)19-7-6-10-11(16)4-3-5-12(10)17/h3-5,13H,2,6-9H2,1H3,(H,18,21)(H,19,22)/t13-/m0/s1. The monoisotopic (exact) mass is 343 g/mol. The molecule has 0 saturated carbocycles. The van der Waals surface area contributed by atoms with Crippen LogP contribution in [0.25, 0.3) is 0 Å². The summed E-state index contributed by atoms with van der Waals surface area (Å²) in [6.07, 6.45) is 1.14. The third-order valence-electron chi connectivity index (χ3n) is 3.69. The van der Waals surface area contributed by atoms with E-state index >= 15 is 0 Å². The molecule has 0 unspecified atom stereocenters. The van der Waals surface area contributed by atoms with Gasteiger partial charge in [-0.15, -0.1) is 0 Å². The Morgan fingerprint density at radius 3 is 2.73 bits per heavy atom. The van der Waals surface area contributed by atoms with E-state index in [-0.39, 0.29) is 11.9 Å². The van der Waals surface area contributed by atoms with E-state index in [4.69, 9.17) is 23.2 Å². The minimum atomic E-state index is -0.405. The van der Waals surface area contributed by atoms with Crippen molar-refractivity contribution in [1.29, 1.82) is 0 Å². The summed E-state index contributed by atoms with van der Waals surface area (Å²) in [5.41, 5.74) is 0.814. The molecule has 1 heterocycles. The normalized spacial score (nSPS) is 18.0. The first-order valence-corrected chi connectivity index (χ1v) is 8.05. The molecule has 3 amide bonds. The number of carbonyl (C=O) groups excluding carboxylic acids is 2. The predicted octanol–water partition coefficient (Wildman–Crippen LogP) is 2.46. The van der Waals surface area contributed by atoms with Gasteiger partial charge >= 0.3 is 6.03 Å². The summed E-state index contributed by atoms with van der Waals surface area (Å²) in [5.74, 6) is -0.0990. The minimum absolute atomic E-state index is 0.0990. The molecule has 1 aromatic carbocycles. The number of hydrogen-bond acceptors (Lipinski definition) is 2. The average molecular weight is 344 g/mol. The zero-order valence-electron chi connectivity index (χ0n) is 12.4. The molecule has 1 aliphatic heterocycles. The van der Waals surface area contributed by atoms with Crippen molar-refractivity contribution in [1.82, 2.24) is 15.5 Å². The molecule has 1 aliphatic rings. The van der Waals surface area contributed by atoms with Gasteiger partial charge in [0.15, 0.2) is 0 Å². The van der Waals surface area contributed by atoms with Crippen LogP contribution in [-0.4, -0.2) is 42.5 Å². The summed E-state index contributed by atoms with van der Waals surface area (Å²) in [6.45, 7) is 3.30.